The topological polar surface area (TPSA) is 29.1 Å². The molecule has 2 nitrogen and oxygen atoms in total. The highest BCUT2D eigenvalue weighted by Crippen LogP contribution is 1.87. The second kappa shape index (κ2) is 16.2. The van der Waals surface area contributed by atoms with Gasteiger partial charge in [0.25, 0.3) is 0 Å². The van der Waals surface area contributed by atoms with E-state index in [1.807, 2.05) is 27.7 Å². The van der Waals surface area contributed by atoms with E-state index >= 15 is 0 Å². The van der Waals surface area contributed by atoms with Crippen LogP contribution in [0.25, 0.3) is 0 Å². The van der Waals surface area contributed by atoms with Gasteiger partial charge in [0.1, 0.15) is 0 Å². The van der Waals surface area contributed by atoms with Crippen LogP contribution in [0.5, 0.6) is 0 Å². The second-order valence-corrected chi connectivity index (χ2v) is 1.77. The van der Waals surface area contributed by atoms with Gasteiger partial charge in [0.15, 0.2) is 0 Å². The smallest absolute Gasteiger partial charge is 0.222 e. The number of carbonyl (C=O) groups is 1. The average molecular weight is 163 g/mol. The molecular weight excluding hydrogens is 138 g/mol. The highest BCUT2D eigenvalue weighted by atomic mass is 16.1. The molecule has 0 spiro atoms. The fraction of sp³-hybridized carbons (Fsp3) is 0.889. The molecule has 0 saturated carbocycles. The Morgan fingerprint density at radius 3 is 1.45 bits per heavy atom. The molecule has 0 aliphatic carbocycles. The van der Waals surface area contributed by atoms with Crippen LogP contribution in [0.4, 0.5) is 0 Å². The molecule has 0 radical (unpaired) electrons. The van der Waals surface area contributed by atoms with E-state index < -0.39 is 0 Å². The molecule has 0 aliphatic rings. The van der Waals surface area contributed by atoms with Crippen molar-refractivity contribution in [1.82, 2.24) is 5.32 Å². The van der Waals surface area contributed by atoms with Gasteiger partial charge in [0.2, 0.25) is 5.91 Å². The summed E-state index contributed by atoms with van der Waals surface area (Å²) in [5.41, 5.74) is 0. The first-order chi connectivity index (χ1) is 4.18. The van der Waals surface area contributed by atoms with Crippen molar-refractivity contribution in [2.45, 2.75) is 42.5 Å². The molecule has 1 amide bonds. The molecule has 0 aliphatic heterocycles. The number of hydrogen-bond donors (Lipinski definition) is 1. The molecule has 0 aromatic carbocycles. The van der Waals surface area contributed by atoms with Crippen LogP contribution >= 0.6 is 0 Å². The molecule has 1 N–H and O–H groups in total. The molecule has 0 saturated heterocycles. The van der Waals surface area contributed by atoms with E-state index in [-0.39, 0.29) is 26.7 Å². The van der Waals surface area contributed by atoms with Crippen molar-refractivity contribution in [3.63, 3.8) is 0 Å². The minimum Gasteiger partial charge on any atom is -0.359 e. The van der Waals surface area contributed by atoms with Crippen molar-refractivity contribution < 1.29 is 4.79 Å². The summed E-state index contributed by atoms with van der Waals surface area (Å²) in [5.74, 6) is 0.213. The van der Waals surface area contributed by atoms with Crippen molar-refractivity contribution in [3.8, 4) is 0 Å². The van der Waals surface area contributed by atoms with E-state index in [4.69, 9.17) is 0 Å². The molecule has 72 valence electrons. The zero-order valence-corrected chi connectivity index (χ0v) is 6.99. The van der Waals surface area contributed by atoms with Gasteiger partial charge in [-0.1, -0.05) is 42.5 Å². The Morgan fingerprint density at radius 1 is 1.18 bits per heavy atom. The third-order valence-corrected chi connectivity index (χ3v) is 0.771. The molecular formula is C9H25NO. The lowest BCUT2D eigenvalue weighted by Crippen LogP contribution is -2.22. The maximum Gasteiger partial charge on any atom is 0.222 e. The monoisotopic (exact) mass is 163 g/mol. The Bertz CT molecular complexity index is 70.0. The summed E-state index contributed by atoms with van der Waals surface area (Å²) in [7, 11) is 1.64. The number of rotatable bonds is 1. The summed E-state index contributed by atoms with van der Waals surface area (Å²) in [6.07, 6.45) is 0. The van der Waals surface area contributed by atoms with Crippen LogP contribution in [-0.2, 0) is 4.79 Å². The van der Waals surface area contributed by atoms with Crippen molar-refractivity contribution in [2.24, 2.45) is 5.92 Å². The van der Waals surface area contributed by atoms with Gasteiger partial charge in [-0.25, -0.2) is 0 Å². The van der Waals surface area contributed by atoms with Gasteiger partial charge in [0.05, 0.1) is 0 Å². The Hall–Kier alpha value is -0.530. The summed E-state index contributed by atoms with van der Waals surface area (Å²) in [6.45, 7) is 7.72. The minimum absolute atomic E-state index is 0. The van der Waals surface area contributed by atoms with Crippen molar-refractivity contribution in [2.75, 3.05) is 7.05 Å². The van der Waals surface area contributed by atoms with E-state index in [0.717, 1.165) is 0 Å². The van der Waals surface area contributed by atoms with Gasteiger partial charge in [-0.3, -0.25) is 4.79 Å². The zero-order valence-electron chi connectivity index (χ0n) is 6.99. The molecule has 11 heavy (non-hydrogen) atoms. The number of hydrogen-bond acceptors (Lipinski definition) is 1. The first kappa shape index (κ1) is 22.4. The maximum atomic E-state index is 10.4. The summed E-state index contributed by atoms with van der Waals surface area (Å²) in [4.78, 5) is 10.4. The Kier molecular flexibility index (Phi) is 33.1. The van der Waals surface area contributed by atoms with E-state index in [1.165, 1.54) is 0 Å². The van der Waals surface area contributed by atoms with Crippen LogP contribution in [0, 0.1) is 5.92 Å². The molecule has 0 bridgehead atoms. The predicted octanol–water partition coefficient (Wildman–Crippen LogP) is 2.69. The lowest BCUT2D eigenvalue weighted by Gasteiger charge is -1.98. The minimum atomic E-state index is 0. The first-order valence-electron chi connectivity index (χ1n) is 3.40. The molecule has 0 fully saturated rings. The summed E-state index contributed by atoms with van der Waals surface area (Å²) < 4.78 is 0. The fourth-order valence-corrected chi connectivity index (χ4v) is 0.289. The summed E-state index contributed by atoms with van der Waals surface area (Å²) >= 11 is 0. The highest BCUT2D eigenvalue weighted by Gasteiger charge is 2.00. The van der Waals surface area contributed by atoms with E-state index in [1.54, 1.807) is 7.05 Å². The molecule has 0 unspecified atom stereocenters. The van der Waals surface area contributed by atoms with Gasteiger partial charge >= 0.3 is 0 Å². The lowest BCUT2D eigenvalue weighted by atomic mass is 10.2. The van der Waals surface area contributed by atoms with Crippen LogP contribution in [-0.4, -0.2) is 13.0 Å². The Balaban J connectivity index is -0.0000000564. The molecule has 0 aromatic heterocycles. The van der Waals surface area contributed by atoms with Crippen LogP contribution < -0.4 is 5.32 Å². The SMILES string of the molecule is C.C.CC.CNC(=O)C(C)C. The van der Waals surface area contributed by atoms with Crippen LogP contribution in [0.2, 0.25) is 0 Å². The van der Waals surface area contributed by atoms with Gasteiger partial charge in [-0.2, -0.15) is 0 Å². The van der Waals surface area contributed by atoms with Gasteiger partial charge < -0.3 is 5.32 Å². The number of amides is 1. The summed E-state index contributed by atoms with van der Waals surface area (Å²) in [5, 5.41) is 2.53. The quantitative estimate of drug-likeness (QED) is 0.632. The van der Waals surface area contributed by atoms with Crippen molar-refractivity contribution in [1.29, 1.82) is 0 Å². The van der Waals surface area contributed by atoms with E-state index in [2.05, 4.69) is 5.32 Å². The molecule has 0 atom stereocenters. The third-order valence-electron chi connectivity index (χ3n) is 0.771. The third kappa shape index (κ3) is 17.7. The zero-order chi connectivity index (χ0) is 7.86. The summed E-state index contributed by atoms with van der Waals surface area (Å²) in [6, 6.07) is 0. The van der Waals surface area contributed by atoms with Crippen LogP contribution in [0.3, 0.4) is 0 Å². The fourth-order valence-electron chi connectivity index (χ4n) is 0.289. The largest absolute Gasteiger partial charge is 0.359 e. The number of carbonyl (C=O) groups excluding carboxylic acids is 1. The predicted molar refractivity (Wildman–Crippen MR) is 53.7 cm³/mol. The first-order valence-corrected chi connectivity index (χ1v) is 3.40. The van der Waals surface area contributed by atoms with E-state index in [9.17, 15) is 4.79 Å². The Labute approximate surface area is 72.4 Å². The van der Waals surface area contributed by atoms with Crippen LogP contribution in [0.1, 0.15) is 42.5 Å². The average Bonchev–Trinajstić information content (AvgIpc) is 1.91. The molecule has 0 rings (SSSR count). The van der Waals surface area contributed by atoms with Crippen molar-refractivity contribution in [3.05, 3.63) is 0 Å². The Morgan fingerprint density at radius 2 is 1.45 bits per heavy atom. The molecule has 0 aromatic rings. The van der Waals surface area contributed by atoms with Gasteiger partial charge in [-0.05, 0) is 0 Å². The number of nitrogens with one attached hydrogen (secondary N) is 1. The maximum absolute atomic E-state index is 10.4. The molecule has 0 heterocycles. The van der Waals surface area contributed by atoms with Gasteiger partial charge in [-0.15, -0.1) is 0 Å². The second-order valence-electron chi connectivity index (χ2n) is 1.77. The lowest BCUT2D eigenvalue weighted by molar-refractivity contribution is -0.123. The standard InChI is InChI=1S/C5H11NO.C2H6.2CH4/c1-4(2)5(7)6-3;1-2;;/h4H,1-3H3,(H,6,7);1-2H3;2*1H4. The van der Waals surface area contributed by atoms with Gasteiger partial charge in [0, 0.05) is 13.0 Å². The van der Waals surface area contributed by atoms with Crippen molar-refractivity contribution >= 4 is 5.91 Å². The molecule has 2 heteroatoms. The highest BCUT2D eigenvalue weighted by molar-refractivity contribution is 5.77. The van der Waals surface area contributed by atoms with E-state index in [0.29, 0.717) is 0 Å². The van der Waals surface area contributed by atoms with Crippen LogP contribution in [0.15, 0.2) is 0 Å². The normalized spacial score (nSPS) is 6.36.